The maximum atomic E-state index is 12.9. The Labute approximate surface area is 96.4 Å². The second kappa shape index (κ2) is 5.26. The van der Waals surface area contributed by atoms with Gasteiger partial charge in [-0.05, 0) is 18.2 Å². The molecule has 0 radical (unpaired) electrons. The molecule has 17 heavy (non-hydrogen) atoms. The Kier molecular flexibility index (Phi) is 4.00. The van der Waals surface area contributed by atoms with Crippen LogP contribution in [0.15, 0.2) is 18.2 Å². The van der Waals surface area contributed by atoms with Gasteiger partial charge in [0.2, 0.25) is 5.91 Å². The van der Waals surface area contributed by atoms with Crippen molar-refractivity contribution in [3.05, 3.63) is 29.6 Å². The van der Waals surface area contributed by atoms with Gasteiger partial charge in [-0.3, -0.25) is 9.59 Å². The van der Waals surface area contributed by atoms with Crippen molar-refractivity contribution in [3.63, 3.8) is 0 Å². The van der Waals surface area contributed by atoms with Crippen molar-refractivity contribution in [1.82, 2.24) is 5.32 Å². The molecule has 1 unspecified atom stereocenters. The van der Waals surface area contributed by atoms with Gasteiger partial charge in [-0.2, -0.15) is 0 Å². The zero-order valence-electron chi connectivity index (χ0n) is 8.81. The molecule has 6 N–H and O–H groups in total. The number of carbonyl (C=O) groups excluding carboxylic acids is 2. The van der Waals surface area contributed by atoms with Crippen molar-refractivity contribution >= 4 is 17.5 Å². The van der Waals surface area contributed by atoms with E-state index < -0.39 is 23.7 Å². The van der Waals surface area contributed by atoms with E-state index >= 15 is 0 Å². The van der Waals surface area contributed by atoms with Crippen LogP contribution < -0.4 is 16.8 Å². The summed E-state index contributed by atoms with van der Waals surface area (Å²) in [6, 6.07) is 3.33. The first-order valence-electron chi connectivity index (χ1n) is 4.72. The van der Waals surface area contributed by atoms with Gasteiger partial charge in [-0.1, -0.05) is 0 Å². The second-order valence-electron chi connectivity index (χ2n) is 3.40. The van der Waals surface area contributed by atoms with E-state index in [1.807, 2.05) is 0 Å². The average molecular weight is 241 g/mol. The van der Waals surface area contributed by atoms with E-state index in [4.69, 9.17) is 16.6 Å². The van der Waals surface area contributed by atoms with E-state index in [2.05, 4.69) is 5.32 Å². The topological polar surface area (TPSA) is 118 Å². The number of benzene rings is 1. The van der Waals surface area contributed by atoms with Crippen LogP contribution in [0.5, 0.6) is 0 Å². The Morgan fingerprint density at radius 2 is 2.06 bits per heavy atom. The molecule has 6 nitrogen and oxygen atoms in total. The summed E-state index contributed by atoms with van der Waals surface area (Å²) >= 11 is 0. The molecule has 0 bridgehead atoms. The highest BCUT2D eigenvalue weighted by Crippen LogP contribution is 2.10. The number of aliphatic hydroxyl groups is 1. The predicted molar refractivity (Wildman–Crippen MR) is 58.3 cm³/mol. The normalized spacial score (nSPS) is 11.9. The number of nitrogens with one attached hydrogen (secondary N) is 1. The summed E-state index contributed by atoms with van der Waals surface area (Å²) in [4.78, 5) is 22.0. The number of hydrogen-bond acceptors (Lipinski definition) is 4. The fraction of sp³-hybridized carbons (Fsp3) is 0.200. The molecule has 1 atom stereocenters. The lowest BCUT2D eigenvalue weighted by Gasteiger charge is -2.08. The first kappa shape index (κ1) is 12.9. The second-order valence-corrected chi connectivity index (χ2v) is 3.40. The van der Waals surface area contributed by atoms with E-state index in [0.717, 1.165) is 12.1 Å². The van der Waals surface area contributed by atoms with Crippen molar-refractivity contribution in [2.45, 2.75) is 6.10 Å². The maximum Gasteiger partial charge on any atom is 0.251 e. The van der Waals surface area contributed by atoms with Gasteiger partial charge in [0.15, 0.2) is 0 Å². The molecule has 92 valence electrons. The molecule has 7 heteroatoms. The fourth-order valence-electron chi connectivity index (χ4n) is 1.14. The standard InChI is InChI=1S/C10H12FN3O3/c11-6-1-5(2-7(12)3-6)10(17)14-4-8(15)9(13)16/h1-3,8,15H,4,12H2,(H2,13,16)(H,14,17). The highest BCUT2D eigenvalue weighted by Gasteiger charge is 2.13. The molecule has 0 aliphatic heterocycles. The minimum absolute atomic E-state index is 0.000768. The third-order valence-corrected chi connectivity index (χ3v) is 1.97. The van der Waals surface area contributed by atoms with Crippen molar-refractivity contribution in [2.24, 2.45) is 5.73 Å². The minimum atomic E-state index is -1.48. The smallest absolute Gasteiger partial charge is 0.251 e. The molecule has 2 amide bonds. The Hall–Kier alpha value is -2.15. The van der Waals surface area contributed by atoms with Crippen LogP contribution in [0.2, 0.25) is 0 Å². The summed E-state index contributed by atoms with van der Waals surface area (Å²) in [6.45, 7) is -0.343. The largest absolute Gasteiger partial charge is 0.399 e. The quantitative estimate of drug-likeness (QED) is 0.505. The zero-order chi connectivity index (χ0) is 13.0. The molecule has 1 aromatic carbocycles. The summed E-state index contributed by atoms with van der Waals surface area (Å²) in [6.07, 6.45) is -1.48. The molecule has 0 saturated heterocycles. The van der Waals surface area contributed by atoms with Gasteiger partial charge in [0, 0.05) is 11.3 Å². The first-order valence-corrected chi connectivity index (χ1v) is 4.72. The number of primary amides is 1. The molecule has 0 aromatic heterocycles. The summed E-state index contributed by atoms with van der Waals surface area (Å²) in [5.74, 6) is -2.26. The lowest BCUT2D eigenvalue weighted by atomic mass is 10.2. The number of nitrogens with two attached hydrogens (primary N) is 2. The molecule has 0 aliphatic rings. The van der Waals surface area contributed by atoms with Crippen molar-refractivity contribution < 1.29 is 19.1 Å². The van der Waals surface area contributed by atoms with E-state index in [-0.39, 0.29) is 17.8 Å². The molecule has 0 aliphatic carbocycles. The van der Waals surface area contributed by atoms with Crippen LogP contribution >= 0.6 is 0 Å². The zero-order valence-corrected chi connectivity index (χ0v) is 8.81. The number of anilines is 1. The molecule has 1 aromatic rings. The van der Waals surface area contributed by atoms with Gasteiger partial charge in [0.1, 0.15) is 11.9 Å². The SMILES string of the molecule is NC(=O)C(O)CNC(=O)c1cc(N)cc(F)c1. The average Bonchev–Trinajstić information content (AvgIpc) is 2.23. The summed E-state index contributed by atoms with van der Waals surface area (Å²) in [5, 5.41) is 11.3. The molecule has 0 heterocycles. The number of amides is 2. The maximum absolute atomic E-state index is 12.9. The molecule has 0 saturated carbocycles. The third-order valence-electron chi connectivity index (χ3n) is 1.97. The highest BCUT2D eigenvalue weighted by atomic mass is 19.1. The number of rotatable bonds is 4. The Bertz CT molecular complexity index is 430. The molecule has 0 fully saturated rings. The summed E-state index contributed by atoms with van der Waals surface area (Å²) in [7, 11) is 0. The lowest BCUT2D eigenvalue weighted by molar-refractivity contribution is -0.125. The van der Waals surface area contributed by atoms with Crippen LogP contribution in [0.4, 0.5) is 10.1 Å². The Balaban J connectivity index is 2.67. The van der Waals surface area contributed by atoms with Crippen LogP contribution in [0.3, 0.4) is 0 Å². The van der Waals surface area contributed by atoms with E-state index in [9.17, 15) is 14.0 Å². The molecule has 1 rings (SSSR count). The van der Waals surface area contributed by atoms with Crippen molar-refractivity contribution in [2.75, 3.05) is 12.3 Å². The van der Waals surface area contributed by atoms with E-state index in [0.29, 0.717) is 0 Å². The third kappa shape index (κ3) is 3.72. The van der Waals surface area contributed by atoms with Crippen LogP contribution in [0.1, 0.15) is 10.4 Å². The van der Waals surface area contributed by atoms with E-state index in [1.54, 1.807) is 0 Å². The summed E-state index contributed by atoms with van der Waals surface area (Å²) in [5.41, 5.74) is 10.2. The number of aliphatic hydroxyl groups excluding tert-OH is 1. The number of hydrogen-bond donors (Lipinski definition) is 4. The van der Waals surface area contributed by atoms with Gasteiger partial charge >= 0.3 is 0 Å². The Morgan fingerprint density at radius 1 is 1.41 bits per heavy atom. The van der Waals surface area contributed by atoms with E-state index in [1.165, 1.54) is 6.07 Å². The van der Waals surface area contributed by atoms with Gasteiger partial charge in [-0.15, -0.1) is 0 Å². The van der Waals surface area contributed by atoms with Crippen LogP contribution in [0, 0.1) is 5.82 Å². The van der Waals surface area contributed by atoms with Gasteiger partial charge in [0.05, 0.1) is 6.54 Å². The predicted octanol–water partition coefficient (Wildman–Crippen LogP) is -1.02. The van der Waals surface area contributed by atoms with Gasteiger partial charge < -0.3 is 21.9 Å². The monoisotopic (exact) mass is 241 g/mol. The van der Waals surface area contributed by atoms with Crippen LogP contribution in [-0.4, -0.2) is 29.6 Å². The van der Waals surface area contributed by atoms with Crippen LogP contribution in [0.25, 0.3) is 0 Å². The van der Waals surface area contributed by atoms with Crippen molar-refractivity contribution in [1.29, 1.82) is 0 Å². The van der Waals surface area contributed by atoms with Crippen molar-refractivity contribution in [3.8, 4) is 0 Å². The Morgan fingerprint density at radius 3 is 2.59 bits per heavy atom. The number of carbonyl (C=O) groups is 2. The first-order chi connectivity index (χ1) is 7.90. The molecule has 0 spiro atoms. The minimum Gasteiger partial charge on any atom is -0.399 e. The van der Waals surface area contributed by atoms with Gasteiger partial charge in [-0.25, -0.2) is 4.39 Å². The molecular weight excluding hydrogens is 229 g/mol. The summed E-state index contributed by atoms with van der Waals surface area (Å²) < 4.78 is 12.9. The number of halogens is 1. The highest BCUT2D eigenvalue weighted by molar-refractivity contribution is 5.95. The lowest BCUT2D eigenvalue weighted by Crippen LogP contribution is -2.40. The molecular formula is C10H12FN3O3. The van der Waals surface area contributed by atoms with Crippen LogP contribution in [-0.2, 0) is 4.79 Å². The van der Waals surface area contributed by atoms with Gasteiger partial charge in [0.25, 0.3) is 5.91 Å². The number of nitrogen functional groups attached to an aromatic ring is 1. The fourth-order valence-corrected chi connectivity index (χ4v) is 1.14.